The number of fused-ring (bicyclic) bond motifs is 1. The van der Waals surface area contributed by atoms with Crippen LogP contribution < -0.4 is 5.32 Å². The average Bonchev–Trinajstić information content (AvgIpc) is 2.86. The van der Waals surface area contributed by atoms with Gasteiger partial charge >= 0.3 is 5.97 Å². The van der Waals surface area contributed by atoms with E-state index in [1.807, 2.05) is 18.2 Å². The molecule has 0 spiro atoms. The minimum atomic E-state index is -0.877. The topological polar surface area (TPSA) is 78.0 Å². The molecule has 0 saturated carbocycles. The fourth-order valence-corrected chi connectivity index (χ4v) is 2.64. The molecule has 0 amide bonds. The van der Waals surface area contributed by atoms with Gasteiger partial charge in [-0.3, -0.25) is 10.1 Å². The molecule has 0 saturated heterocycles. The van der Waals surface area contributed by atoms with Crippen LogP contribution in [0, 0.1) is 0 Å². The van der Waals surface area contributed by atoms with Crippen molar-refractivity contribution < 1.29 is 9.90 Å². The summed E-state index contributed by atoms with van der Waals surface area (Å²) >= 11 is 6.19. The number of carbonyl (C=O) groups is 1. The lowest BCUT2D eigenvalue weighted by Gasteiger charge is -2.28. The molecule has 3 rings (SSSR count). The third kappa shape index (κ3) is 2.11. The number of carboxylic acids is 1. The summed E-state index contributed by atoms with van der Waals surface area (Å²) in [5, 5.41) is 12.9. The number of aliphatic carboxylic acids is 1. The largest absolute Gasteiger partial charge is 0.480 e. The van der Waals surface area contributed by atoms with Gasteiger partial charge in [-0.15, -0.1) is 0 Å². The molecule has 6 heteroatoms. The molecule has 1 aromatic heterocycles. The van der Waals surface area contributed by atoms with Gasteiger partial charge in [0.25, 0.3) is 0 Å². The lowest BCUT2D eigenvalue weighted by molar-refractivity contribution is -0.139. The first-order valence-electron chi connectivity index (χ1n) is 5.92. The van der Waals surface area contributed by atoms with Crippen molar-refractivity contribution in [2.45, 2.75) is 18.5 Å². The summed E-state index contributed by atoms with van der Waals surface area (Å²) in [6, 6.07) is 6.44. The van der Waals surface area contributed by atoms with Crippen LogP contribution in [0.3, 0.4) is 0 Å². The SMILES string of the molecule is O=C(O)[C@H]1Cc2[nH]cnc2[C@@H](c2ccccc2Cl)N1. The highest BCUT2D eigenvalue weighted by Crippen LogP contribution is 2.32. The number of H-pyrrole nitrogens is 1. The highest BCUT2D eigenvalue weighted by Gasteiger charge is 2.33. The quantitative estimate of drug-likeness (QED) is 0.781. The van der Waals surface area contributed by atoms with Crippen molar-refractivity contribution in [3.05, 3.63) is 52.6 Å². The van der Waals surface area contributed by atoms with E-state index in [1.54, 1.807) is 12.4 Å². The van der Waals surface area contributed by atoms with Crippen molar-refractivity contribution in [1.29, 1.82) is 0 Å². The number of halogens is 1. The first kappa shape index (κ1) is 12.2. The van der Waals surface area contributed by atoms with Crippen LogP contribution in [-0.2, 0) is 11.2 Å². The molecule has 5 nitrogen and oxygen atoms in total. The molecule has 2 atom stereocenters. The molecule has 0 bridgehead atoms. The summed E-state index contributed by atoms with van der Waals surface area (Å²) in [5.41, 5.74) is 2.49. The summed E-state index contributed by atoms with van der Waals surface area (Å²) in [4.78, 5) is 18.5. The Hall–Kier alpha value is -1.85. The Morgan fingerprint density at radius 1 is 1.42 bits per heavy atom. The van der Waals surface area contributed by atoms with Crippen LogP contribution in [0.1, 0.15) is 23.0 Å². The first-order valence-corrected chi connectivity index (χ1v) is 6.30. The molecular weight excluding hydrogens is 266 g/mol. The molecule has 0 radical (unpaired) electrons. The number of aromatic amines is 1. The summed E-state index contributed by atoms with van der Waals surface area (Å²) in [7, 11) is 0. The van der Waals surface area contributed by atoms with Crippen LogP contribution in [0.2, 0.25) is 5.02 Å². The second kappa shape index (κ2) is 4.68. The smallest absolute Gasteiger partial charge is 0.321 e. The second-order valence-electron chi connectivity index (χ2n) is 4.48. The number of aromatic nitrogens is 2. The van der Waals surface area contributed by atoms with Gasteiger partial charge in [0.15, 0.2) is 0 Å². The standard InChI is InChI=1S/C13H12ClN3O2/c14-8-4-2-1-3-7(8)11-12-9(15-6-16-12)5-10(17-11)13(18)19/h1-4,6,10-11,17H,5H2,(H,15,16)(H,18,19)/t10-,11-/m1/s1. The van der Waals surface area contributed by atoms with E-state index in [4.69, 9.17) is 11.6 Å². The van der Waals surface area contributed by atoms with Crippen LogP contribution in [-0.4, -0.2) is 27.1 Å². The van der Waals surface area contributed by atoms with Crippen LogP contribution in [0.4, 0.5) is 0 Å². The summed E-state index contributed by atoms with van der Waals surface area (Å²) < 4.78 is 0. The second-order valence-corrected chi connectivity index (χ2v) is 4.89. The molecule has 1 aliphatic heterocycles. The molecule has 2 heterocycles. The summed E-state index contributed by atoms with van der Waals surface area (Å²) in [5.74, 6) is -0.877. The van der Waals surface area contributed by atoms with Crippen LogP contribution >= 0.6 is 11.6 Å². The zero-order valence-corrected chi connectivity index (χ0v) is 10.7. The highest BCUT2D eigenvalue weighted by atomic mass is 35.5. The van der Waals surface area contributed by atoms with Crippen LogP contribution in [0.25, 0.3) is 0 Å². The molecule has 98 valence electrons. The number of hydrogen-bond donors (Lipinski definition) is 3. The maximum absolute atomic E-state index is 11.2. The predicted octanol–water partition coefficient (Wildman–Crippen LogP) is 1.75. The Balaban J connectivity index is 2.06. The number of hydrogen-bond acceptors (Lipinski definition) is 3. The average molecular weight is 278 g/mol. The van der Waals surface area contributed by atoms with Gasteiger partial charge in [-0.25, -0.2) is 4.98 Å². The number of carboxylic acid groups (broad SMARTS) is 1. The van der Waals surface area contributed by atoms with Gasteiger partial charge in [0.2, 0.25) is 0 Å². The van der Waals surface area contributed by atoms with E-state index >= 15 is 0 Å². The van der Waals surface area contributed by atoms with Gasteiger partial charge in [0.05, 0.1) is 18.1 Å². The van der Waals surface area contributed by atoms with Gasteiger partial charge < -0.3 is 10.1 Å². The number of benzene rings is 1. The molecule has 0 unspecified atom stereocenters. The normalized spacial score (nSPS) is 21.9. The van der Waals surface area contributed by atoms with Gasteiger partial charge in [-0.2, -0.15) is 0 Å². The van der Waals surface area contributed by atoms with Crippen molar-refractivity contribution in [3.8, 4) is 0 Å². The zero-order chi connectivity index (χ0) is 13.4. The maximum Gasteiger partial charge on any atom is 0.321 e. The van der Waals surface area contributed by atoms with E-state index in [1.165, 1.54) is 0 Å². The third-order valence-electron chi connectivity index (χ3n) is 3.32. The minimum absolute atomic E-state index is 0.301. The first-order chi connectivity index (χ1) is 9.16. The number of nitrogens with one attached hydrogen (secondary N) is 2. The minimum Gasteiger partial charge on any atom is -0.480 e. The van der Waals surface area contributed by atoms with E-state index in [2.05, 4.69) is 15.3 Å². The molecule has 1 aromatic carbocycles. The lowest BCUT2D eigenvalue weighted by atomic mass is 9.94. The number of imidazole rings is 1. The van der Waals surface area contributed by atoms with Crippen molar-refractivity contribution in [1.82, 2.24) is 15.3 Å². The van der Waals surface area contributed by atoms with Crippen LogP contribution in [0.15, 0.2) is 30.6 Å². The highest BCUT2D eigenvalue weighted by molar-refractivity contribution is 6.31. The van der Waals surface area contributed by atoms with Gasteiger partial charge in [-0.1, -0.05) is 29.8 Å². The Morgan fingerprint density at radius 2 is 2.21 bits per heavy atom. The molecule has 3 N–H and O–H groups in total. The van der Waals surface area contributed by atoms with Gasteiger partial charge in [0, 0.05) is 17.1 Å². The lowest BCUT2D eigenvalue weighted by Crippen LogP contribution is -2.45. The summed E-state index contributed by atoms with van der Waals surface area (Å²) in [6.45, 7) is 0. The van der Waals surface area contributed by atoms with E-state index in [9.17, 15) is 9.90 Å². The fourth-order valence-electron chi connectivity index (χ4n) is 2.39. The predicted molar refractivity (Wildman–Crippen MR) is 70.1 cm³/mol. The van der Waals surface area contributed by atoms with Gasteiger partial charge in [-0.05, 0) is 11.6 Å². The van der Waals surface area contributed by atoms with Crippen molar-refractivity contribution in [3.63, 3.8) is 0 Å². The Kier molecular flexibility index (Phi) is 3.00. The Bertz CT molecular complexity index is 626. The van der Waals surface area contributed by atoms with E-state index in [0.717, 1.165) is 17.0 Å². The van der Waals surface area contributed by atoms with E-state index < -0.39 is 12.0 Å². The molecule has 0 aliphatic carbocycles. The molecule has 1 aliphatic rings. The van der Waals surface area contributed by atoms with Gasteiger partial charge in [0.1, 0.15) is 6.04 Å². The molecule has 19 heavy (non-hydrogen) atoms. The summed E-state index contributed by atoms with van der Waals surface area (Å²) in [6.07, 6.45) is 1.98. The number of rotatable bonds is 2. The van der Waals surface area contributed by atoms with Crippen LogP contribution in [0.5, 0.6) is 0 Å². The fraction of sp³-hybridized carbons (Fsp3) is 0.231. The van der Waals surface area contributed by atoms with E-state index in [-0.39, 0.29) is 6.04 Å². The van der Waals surface area contributed by atoms with Crippen molar-refractivity contribution >= 4 is 17.6 Å². The number of nitrogens with zero attached hydrogens (tertiary/aromatic N) is 1. The maximum atomic E-state index is 11.2. The molecule has 2 aromatic rings. The molecular formula is C13H12ClN3O2. The van der Waals surface area contributed by atoms with E-state index in [0.29, 0.717) is 11.4 Å². The zero-order valence-electron chi connectivity index (χ0n) is 9.93. The Labute approximate surface area is 114 Å². The van der Waals surface area contributed by atoms with Crippen molar-refractivity contribution in [2.75, 3.05) is 0 Å². The molecule has 0 fully saturated rings. The van der Waals surface area contributed by atoms with Crippen molar-refractivity contribution in [2.24, 2.45) is 0 Å². The Morgan fingerprint density at radius 3 is 2.95 bits per heavy atom. The monoisotopic (exact) mass is 277 g/mol. The third-order valence-corrected chi connectivity index (χ3v) is 3.66.